The highest BCUT2D eigenvalue weighted by molar-refractivity contribution is 7.91. The van der Waals surface area contributed by atoms with Crippen molar-refractivity contribution < 1.29 is 13.2 Å². The fourth-order valence-corrected chi connectivity index (χ4v) is 3.69. The number of nitrogens with zero attached hydrogens (tertiary/aromatic N) is 2. The summed E-state index contributed by atoms with van der Waals surface area (Å²) in [7, 11) is -3.26. The van der Waals surface area contributed by atoms with E-state index in [1.165, 1.54) is 12.1 Å². The van der Waals surface area contributed by atoms with Gasteiger partial charge in [0.2, 0.25) is 0 Å². The van der Waals surface area contributed by atoms with Crippen molar-refractivity contribution in [2.75, 3.05) is 11.1 Å². The zero-order chi connectivity index (χ0) is 19.4. The summed E-state index contributed by atoms with van der Waals surface area (Å²) in [5.74, 6) is -0.239. The van der Waals surface area contributed by atoms with Crippen LogP contribution in [0.3, 0.4) is 0 Å². The average molecular weight is 383 g/mol. The number of hydrogen-bond acceptors (Lipinski definition) is 4. The van der Waals surface area contributed by atoms with E-state index in [1.807, 2.05) is 37.3 Å². The van der Waals surface area contributed by atoms with Crippen LogP contribution >= 0.6 is 0 Å². The van der Waals surface area contributed by atoms with Crippen LogP contribution in [0.2, 0.25) is 0 Å². The van der Waals surface area contributed by atoms with Crippen molar-refractivity contribution in [1.29, 1.82) is 0 Å². The maximum Gasteiger partial charge on any atom is 0.259 e. The van der Waals surface area contributed by atoms with E-state index in [-0.39, 0.29) is 16.6 Å². The molecule has 7 heteroatoms. The summed E-state index contributed by atoms with van der Waals surface area (Å²) in [4.78, 5) is 12.9. The lowest BCUT2D eigenvalue weighted by Gasteiger charge is -2.09. The molecule has 0 unspecified atom stereocenters. The van der Waals surface area contributed by atoms with Crippen LogP contribution in [0.5, 0.6) is 0 Å². The molecule has 27 heavy (non-hydrogen) atoms. The van der Waals surface area contributed by atoms with Crippen LogP contribution in [0.15, 0.2) is 65.7 Å². The molecular formula is C20H21N3O3S. The lowest BCUT2D eigenvalue weighted by molar-refractivity contribution is 0.102. The standard InChI is InChI=1S/C20H21N3O3S/c1-3-19-18(14-21-23(19)16-8-6-5-7-9-16)20(24)22-15-10-12-17(13-11-15)27(25,26)4-2/h5-14H,3-4H2,1-2H3,(H,22,24). The van der Waals surface area contributed by atoms with Gasteiger partial charge in [0, 0.05) is 5.69 Å². The van der Waals surface area contributed by atoms with E-state index in [4.69, 9.17) is 0 Å². The van der Waals surface area contributed by atoms with Crippen molar-refractivity contribution >= 4 is 21.4 Å². The molecule has 1 amide bonds. The molecule has 0 aliphatic carbocycles. The Morgan fingerprint density at radius 3 is 2.30 bits per heavy atom. The van der Waals surface area contributed by atoms with Gasteiger partial charge in [-0.25, -0.2) is 13.1 Å². The first-order chi connectivity index (χ1) is 13.0. The Hall–Kier alpha value is -2.93. The molecule has 0 radical (unpaired) electrons. The lowest BCUT2D eigenvalue weighted by Crippen LogP contribution is -2.14. The normalized spacial score (nSPS) is 11.3. The van der Waals surface area contributed by atoms with Gasteiger partial charge in [-0.05, 0) is 42.8 Å². The van der Waals surface area contributed by atoms with E-state index in [1.54, 1.807) is 29.9 Å². The molecule has 0 saturated carbocycles. The fraction of sp³-hybridized carbons (Fsp3) is 0.200. The predicted molar refractivity (Wildman–Crippen MR) is 105 cm³/mol. The summed E-state index contributed by atoms with van der Waals surface area (Å²) >= 11 is 0. The molecule has 6 nitrogen and oxygen atoms in total. The molecule has 3 aromatic rings. The first-order valence-corrected chi connectivity index (χ1v) is 10.4. The van der Waals surface area contributed by atoms with Gasteiger partial charge in [-0.15, -0.1) is 0 Å². The second-order valence-electron chi connectivity index (χ2n) is 5.99. The van der Waals surface area contributed by atoms with Crippen LogP contribution in [0.1, 0.15) is 29.9 Å². The van der Waals surface area contributed by atoms with Gasteiger partial charge in [0.05, 0.1) is 33.8 Å². The number of hydrogen-bond donors (Lipinski definition) is 1. The molecule has 3 rings (SSSR count). The minimum atomic E-state index is -3.26. The number of amides is 1. The van der Waals surface area contributed by atoms with Gasteiger partial charge < -0.3 is 5.32 Å². The van der Waals surface area contributed by atoms with Crippen LogP contribution in [-0.2, 0) is 16.3 Å². The third-order valence-corrected chi connectivity index (χ3v) is 6.05. The minimum Gasteiger partial charge on any atom is -0.322 e. The number of carbonyl (C=O) groups is 1. The predicted octanol–water partition coefficient (Wildman–Crippen LogP) is 3.48. The SMILES string of the molecule is CCc1c(C(=O)Nc2ccc(S(=O)(=O)CC)cc2)cnn1-c1ccccc1. The first-order valence-electron chi connectivity index (χ1n) is 8.72. The Morgan fingerprint density at radius 2 is 1.70 bits per heavy atom. The van der Waals surface area contributed by atoms with Gasteiger partial charge in [0.1, 0.15) is 0 Å². The largest absolute Gasteiger partial charge is 0.322 e. The molecule has 0 spiro atoms. The average Bonchev–Trinajstić information content (AvgIpc) is 3.13. The zero-order valence-electron chi connectivity index (χ0n) is 15.2. The van der Waals surface area contributed by atoms with E-state index in [2.05, 4.69) is 10.4 Å². The number of rotatable bonds is 6. The highest BCUT2D eigenvalue weighted by Gasteiger charge is 2.18. The van der Waals surface area contributed by atoms with E-state index in [0.717, 1.165) is 11.4 Å². The Balaban J connectivity index is 1.84. The molecular weight excluding hydrogens is 362 g/mol. The number of para-hydroxylation sites is 1. The monoisotopic (exact) mass is 383 g/mol. The van der Waals surface area contributed by atoms with Crippen LogP contribution < -0.4 is 5.32 Å². The number of benzene rings is 2. The molecule has 1 aromatic heterocycles. The minimum absolute atomic E-state index is 0.0389. The van der Waals surface area contributed by atoms with Crippen molar-refractivity contribution in [2.24, 2.45) is 0 Å². The van der Waals surface area contributed by atoms with Crippen molar-refractivity contribution in [3.05, 3.63) is 72.1 Å². The molecule has 1 heterocycles. The van der Waals surface area contributed by atoms with Crippen LogP contribution in [0.4, 0.5) is 5.69 Å². The molecule has 0 atom stereocenters. The van der Waals surface area contributed by atoms with Crippen LogP contribution in [0, 0.1) is 0 Å². The topological polar surface area (TPSA) is 81.1 Å². The summed E-state index contributed by atoms with van der Waals surface area (Å²) in [6.07, 6.45) is 2.20. The molecule has 140 valence electrons. The number of nitrogens with one attached hydrogen (secondary N) is 1. The van der Waals surface area contributed by atoms with Crippen LogP contribution in [0.25, 0.3) is 5.69 Å². The second-order valence-corrected chi connectivity index (χ2v) is 8.27. The molecule has 1 N–H and O–H groups in total. The van der Waals surface area contributed by atoms with Crippen molar-refractivity contribution in [2.45, 2.75) is 25.2 Å². The van der Waals surface area contributed by atoms with Crippen molar-refractivity contribution in [3.8, 4) is 5.69 Å². The van der Waals surface area contributed by atoms with Crippen LogP contribution in [-0.4, -0.2) is 29.9 Å². The molecule has 0 aliphatic heterocycles. The van der Waals surface area contributed by atoms with E-state index in [9.17, 15) is 13.2 Å². The first kappa shape index (κ1) is 18.8. The zero-order valence-corrected chi connectivity index (χ0v) is 16.0. The van der Waals surface area contributed by atoms with Gasteiger partial charge in [-0.2, -0.15) is 5.10 Å². The lowest BCUT2D eigenvalue weighted by atomic mass is 10.2. The third-order valence-electron chi connectivity index (χ3n) is 4.30. The summed E-state index contributed by atoms with van der Waals surface area (Å²) in [6, 6.07) is 15.8. The second kappa shape index (κ2) is 7.75. The highest BCUT2D eigenvalue weighted by atomic mass is 32.2. The maximum absolute atomic E-state index is 12.7. The van der Waals surface area contributed by atoms with E-state index >= 15 is 0 Å². The summed E-state index contributed by atoms with van der Waals surface area (Å²) in [5, 5.41) is 7.16. The molecule has 0 fully saturated rings. The Kier molecular flexibility index (Phi) is 5.41. The molecule has 0 aliphatic rings. The van der Waals surface area contributed by atoms with Gasteiger partial charge in [0.25, 0.3) is 5.91 Å². The number of anilines is 1. The molecule has 0 saturated heterocycles. The van der Waals surface area contributed by atoms with Crippen molar-refractivity contribution in [1.82, 2.24) is 9.78 Å². The maximum atomic E-state index is 12.7. The summed E-state index contributed by atoms with van der Waals surface area (Å²) in [6.45, 7) is 3.57. The Bertz CT molecular complexity index is 1040. The Morgan fingerprint density at radius 1 is 1.04 bits per heavy atom. The Labute approximate surface area is 158 Å². The number of aromatic nitrogens is 2. The van der Waals surface area contributed by atoms with E-state index in [0.29, 0.717) is 17.7 Å². The fourth-order valence-electron chi connectivity index (χ4n) is 2.81. The van der Waals surface area contributed by atoms with Crippen molar-refractivity contribution in [3.63, 3.8) is 0 Å². The quantitative estimate of drug-likeness (QED) is 0.707. The molecule has 0 bridgehead atoms. The number of sulfone groups is 1. The van der Waals surface area contributed by atoms with Gasteiger partial charge in [-0.3, -0.25) is 4.79 Å². The van der Waals surface area contributed by atoms with E-state index < -0.39 is 9.84 Å². The summed E-state index contributed by atoms with van der Waals surface area (Å²) in [5.41, 5.74) is 2.72. The van der Waals surface area contributed by atoms with Gasteiger partial charge >= 0.3 is 0 Å². The summed E-state index contributed by atoms with van der Waals surface area (Å²) < 4.78 is 25.5. The van der Waals surface area contributed by atoms with Gasteiger partial charge in [-0.1, -0.05) is 32.0 Å². The third kappa shape index (κ3) is 3.93. The smallest absolute Gasteiger partial charge is 0.259 e. The molecule has 2 aromatic carbocycles. The van der Waals surface area contributed by atoms with Gasteiger partial charge in [0.15, 0.2) is 9.84 Å². The highest BCUT2D eigenvalue weighted by Crippen LogP contribution is 2.19. The number of carbonyl (C=O) groups excluding carboxylic acids is 1.